The van der Waals surface area contributed by atoms with Crippen molar-refractivity contribution in [1.82, 2.24) is 9.97 Å². The summed E-state index contributed by atoms with van der Waals surface area (Å²) in [6.45, 7) is 0. The normalized spacial score (nSPS) is 12.3. The van der Waals surface area contributed by atoms with Gasteiger partial charge in [-0.1, -0.05) is 84.9 Å². The minimum Gasteiger partial charge on any atom is -0.455 e. The topological polar surface area (TPSA) is 38.9 Å². The van der Waals surface area contributed by atoms with E-state index in [0.717, 1.165) is 44.7 Å². The Bertz CT molecular complexity index is 2300. The van der Waals surface area contributed by atoms with E-state index in [9.17, 15) is 0 Å². The van der Waals surface area contributed by atoms with Crippen LogP contribution in [0.25, 0.3) is 87.8 Å². The zero-order valence-electron chi connectivity index (χ0n) is 19.7. The van der Waals surface area contributed by atoms with Gasteiger partial charge in [0.05, 0.1) is 16.7 Å². The van der Waals surface area contributed by atoms with Gasteiger partial charge in [-0.25, -0.2) is 9.97 Å². The molecule has 0 aliphatic carbocycles. The summed E-state index contributed by atoms with van der Waals surface area (Å²) in [4.78, 5) is 10.3. The largest absolute Gasteiger partial charge is 0.455 e. The second-order valence-electron chi connectivity index (χ2n) is 9.75. The molecule has 9 rings (SSSR count). The maximum atomic E-state index is 6.70. The van der Waals surface area contributed by atoms with Crippen LogP contribution < -0.4 is 0 Å². The van der Waals surface area contributed by atoms with Crippen molar-refractivity contribution in [2.75, 3.05) is 0 Å². The van der Waals surface area contributed by atoms with E-state index in [2.05, 4.69) is 66.7 Å². The fraction of sp³-hybridized carbons (Fsp3) is 0. The molecule has 2 heterocycles. The Balaban J connectivity index is 1.48. The number of benzene rings is 7. The average molecular weight is 471 g/mol. The molecule has 9 aromatic rings. The Hall–Kier alpha value is -5.02. The highest BCUT2D eigenvalue weighted by molar-refractivity contribution is 6.40. The number of rotatable bonds is 2. The molecule has 0 bridgehead atoms. The number of hydrogen-bond donors (Lipinski definition) is 0. The van der Waals surface area contributed by atoms with Crippen molar-refractivity contribution in [2.24, 2.45) is 0 Å². The first-order valence-electron chi connectivity index (χ1n) is 12.5. The highest BCUT2D eigenvalue weighted by atomic mass is 16.3. The van der Waals surface area contributed by atoms with Crippen LogP contribution in [0, 0.1) is 0 Å². The average Bonchev–Trinajstić information content (AvgIpc) is 3.36. The third kappa shape index (κ3) is 2.45. The molecule has 37 heavy (non-hydrogen) atoms. The van der Waals surface area contributed by atoms with Crippen LogP contribution in [0.15, 0.2) is 114 Å². The molecule has 0 aliphatic heterocycles. The van der Waals surface area contributed by atoms with Crippen LogP contribution in [-0.4, -0.2) is 9.97 Å². The summed E-state index contributed by atoms with van der Waals surface area (Å²) in [7, 11) is 0. The molecule has 0 amide bonds. The molecule has 0 fully saturated rings. The van der Waals surface area contributed by atoms with E-state index >= 15 is 0 Å². The molecule has 0 N–H and O–H groups in total. The van der Waals surface area contributed by atoms with Crippen molar-refractivity contribution in [1.29, 1.82) is 0 Å². The Morgan fingerprint density at radius 3 is 2.00 bits per heavy atom. The van der Waals surface area contributed by atoms with Crippen LogP contribution >= 0.6 is 0 Å². The van der Waals surface area contributed by atoms with Gasteiger partial charge in [0.15, 0.2) is 0 Å². The van der Waals surface area contributed by atoms with Crippen molar-refractivity contribution < 1.29 is 4.42 Å². The van der Waals surface area contributed by atoms with Gasteiger partial charge in [-0.05, 0) is 51.2 Å². The summed E-state index contributed by atoms with van der Waals surface area (Å²) in [5.74, 6) is 0. The SMILES string of the molecule is c1ccc(-c2nc3ccccc3nc2-c2ccc3c4cccc5ccc6ccc7oc2c3c7c6c54)cc1. The first kappa shape index (κ1) is 19.2. The maximum absolute atomic E-state index is 6.70. The van der Waals surface area contributed by atoms with Gasteiger partial charge >= 0.3 is 0 Å². The molecule has 0 radical (unpaired) electrons. The Morgan fingerprint density at radius 1 is 0.459 bits per heavy atom. The van der Waals surface area contributed by atoms with Crippen molar-refractivity contribution in [3.05, 3.63) is 109 Å². The van der Waals surface area contributed by atoms with Crippen LogP contribution in [0.2, 0.25) is 0 Å². The zero-order valence-corrected chi connectivity index (χ0v) is 19.7. The van der Waals surface area contributed by atoms with Crippen LogP contribution in [0.5, 0.6) is 0 Å². The molecule has 170 valence electrons. The maximum Gasteiger partial charge on any atom is 0.145 e. The molecule has 3 heteroatoms. The van der Waals surface area contributed by atoms with Crippen molar-refractivity contribution >= 4 is 65.3 Å². The summed E-state index contributed by atoms with van der Waals surface area (Å²) in [5, 5.41) is 9.92. The molecular formula is C34H18N2O. The lowest BCUT2D eigenvalue weighted by molar-refractivity contribution is 0.670. The minimum absolute atomic E-state index is 0.837. The number of furan rings is 1. The Kier molecular flexibility index (Phi) is 3.53. The van der Waals surface area contributed by atoms with Gasteiger partial charge in [0.25, 0.3) is 0 Å². The summed E-state index contributed by atoms with van der Waals surface area (Å²) < 4.78 is 6.70. The third-order valence-electron chi connectivity index (χ3n) is 7.77. The van der Waals surface area contributed by atoms with E-state index in [1.54, 1.807) is 0 Å². The van der Waals surface area contributed by atoms with E-state index in [4.69, 9.17) is 14.4 Å². The molecule has 0 saturated heterocycles. The summed E-state index contributed by atoms with van der Waals surface area (Å²) in [6.07, 6.45) is 0. The monoisotopic (exact) mass is 470 g/mol. The minimum atomic E-state index is 0.837. The van der Waals surface area contributed by atoms with Crippen LogP contribution in [0.1, 0.15) is 0 Å². The van der Waals surface area contributed by atoms with E-state index in [-0.39, 0.29) is 0 Å². The predicted octanol–water partition coefficient (Wildman–Crippen LogP) is 9.20. The van der Waals surface area contributed by atoms with E-state index in [0.29, 0.717) is 0 Å². The molecule has 0 unspecified atom stereocenters. The zero-order chi connectivity index (χ0) is 24.1. The first-order chi connectivity index (χ1) is 18.3. The second kappa shape index (κ2) is 6.80. The molecule has 0 spiro atoms. The smallest absolute Gasteiger partial charge is 0.145 e. The van der Waals surface area contributed by atoms with Gasteiger partial charge < -0.3 is 4.42 Å². The van der Waals surface area contributed by atoms with Crippen molar-refractivity contribution in [2.45, 2.75) is 0 Å². The van der Waals surface area contributed by atoms with E-state index < -0.39 is 0 Å². The Labute approximate surface area is 211 Å². The lowest BCUT2D eigenvalue weighted by Gasteiger charge is -2.14. The molecule has 7 aromatic carbocycles. The Morgan fingerprint density at radius 2 is 1.16 bits per heavy atom. The molecule has 0 saturated carbocycles. The first-order valence-corrected chi connectivity index (χ1v) is 12.5. The van der Waals surface area contributed by atoms with Gasteiger partial charge in [0.1, 0.15) is 16.9 Å². The number of hydrogen-bond acceptors (Lipinski definition) is 3. The molecule has 3 nitrogen and oxygen atoms in total. The standard InChI is InChI=1S/C34H18N2O/c1-2-7-21(8-3-1)32-33(36-26-12-5-4-11-25(26)35-32)24-17-16-23-22-10-6-9-19-13-14-20-15-18-27-31(29(20)28(19)22)30(23)34(24)37-27/h1-18H. The molecule has 0 atom stereocenters. The lowest BCUT2D eigenvalue weighted by atomic mass is 9.88. The molecular weight excluding hydrogens is 452 g/mol. The highest BCUT2D eigenvalue weighted by Gasteiger charge is 2.24. The number of aromatic nitrogens is 2. The summed E-state index contributed by atoms with van der Waals surface area (Å²) >= 11 is 0. The number of nitrogens with zero attached hydrogens (tertiary/aromatic N) is 2. The molecule has 0 aliphatic rings. The van der Waals surface area contributed by atoms with E-state index in [1.807, 2.05) is 42.5 Å². The lowest BCUT2D eigenvalue weighted by Crippen LogP contribution is -1.96. The fourth-order valence-electron chi connectivity index (χ4n) is 6.18. The van der Waals surface area contributed by atoms with Gasteiger partial charge in [0.2, 0.25) is 0 Å². The quantitative estimate of drug-likeness (QED) is 0.187. The number of para-hydroxylation sites is 2. The number of fused-ring (bicyclic) bond motifs is 2. The summed E-state index contributed by atoms with van der Waals surface area (Å²) in [6, 6.07) is 38.1. The van der Waals surface area contributed by atoms with Gasteiger partial charge in [-0.2, -0.15) is 0 Å². The fourth-order valence-corrected chi connectivity index (χ4v) is 6.18. The van der Waals surface area contributed by atoms with Crippen LogP contribution in [-0.2, 0) is 0 Å². The second-order valence-corrected chi connectivity index (χ2v) is 9.75. The molecule has 2 aromatic heterocycles. The predicted molar refractivity (Wildman–Crippen MR) is 153 cm³/mol. The van der Waals surface area contributed by atoms with Gasteiger partial charge in [-0.15, -0.1) is 0 Å². The van der Waals surface area contributed by atoms with Gasteiger partial charge in [-0.3, -0.25) is 0 Å². The van der Waals surface area contributed by atoms with Gasteiger partial charge in [0, 0.05) is 27.3 Å². The van der Waals surface area contributed by atoms with Crippen molar-refractivity contribution in [3.8, 4) is 22.5 Å². The van der Waals surface area contributed by atoms with E-state index in [1.165, 1.54) is 43.1 Å². The van der Waals surface area contributed by atoms with Crippen LogP contribution in [0.3, 0.4) is 0 Å². The van der Waals surface area contributed by atoms with Crippen molar-refractivity contribution in [3.63, 3.8) is 0 Å². The third-order valence-corrected chi connectivity index (χ3v) is 7.77. The summed E-state index contributed by atoms with van der Waals surface area (Å²) in [5.41, 5.74) is 7.23. The van der Waals surface area contributed by atoms with Crippen LogP contribution in [0.4, 0.5) is 0 Å². The highest BCUT2D eigenvalue weighted by Crippen LogP contribution is 2.48.